The van der Waals surface area contributed by atoms with Gasteiger partial charge in [-0.1, -0.05) is 82.1 Å². The van der Waals surface area contributed by atoms with E-state index in [-0.39, 0.29) is 26.9 Å². The third-order valence-electron chi connectivity index (χ3n) is 9.30. The fraction of sp³-hybridized carbons (Fsp3) is 0.256. The predicted octanol–water partition coefficient (Wildman–Crippen LogP) is 11.5. The minimum atomic E-state index is -0.345. The molecule has 0 aliphatic carbocycles. The molecule has 7 aromatic rings. The van der Waals surface area contributed by atoms with E-state index in [2.05, 4.69) is 88.1 Å². The SMILES string of the molecule is Cc1nn(-c2[c-]c(Oc3[c-]c4c(cc3)c3cc(C(C)CCCC(C)(C)C)ccc3n4-c3cc(F)ccn3)ccc2)c(C)c1-c1ccccc1.[Pt+2]. The summed E-state index contributed by atoms with van der Waals surface area (Å²) in [6.45, 7) is 13.3. The Morgan fingerprint density at radius 2 is 1.64 bits per heavy atom. The van der Waals surface area contributed by atoms with Crippen molar-refractivity contribution < 1.29 is 30.2 Å². The van der Waals surface area contributed by atoms with Gasteiger partial charge in [0.25, 0.3) is 0 Å². The van der Waals surface area contributed by atoms with Gasteiger partial charge in [-0.05, 0) is 72.4 Å². The van der Waals surface area contributed by atoms with Crippen LogP contribution >= 0.6 is 0 Å². The zero-order valence-electron chi connectivity index (χ0n) is 29.3. The van der Waals surface area contributed by atoms with Crippen LogP contribution in [0.1, 0.15) is 69.8 Å². The molecular weight excluding hydrogens is 803 g/mol. The normalized spacial score (nSPS) is 12.3. The number of hydrogen-bond donors (Lipinski definition) is 0. The fourth-order valence-corrected chi connectivity index (χ4v) is 6.80. The molecule has 0 N–H and O–H groups in total. The predicted molar refractivity (Wildman–Crippen MR) is 196 cm³/mol. The van der Waals surface area contributed by atoms with Crippen LogP contribution in [-0.2, 0) is 21.1 Å². The number of rotatable bonds is 9. The maximum Gasteiger partial charge on any atom is 2.00 e. The quantitative estimate of drug-likeness (QED) is 0.136. The van der Waals surface area contributed by atoms with E-state index in [1.165, 1.54) is 36.7 Å². The Hall–Kier alpha value is -4.54. The first-order valence-electron chi connectivity index (χ1n) is 17.0. The van der Waals surface area contributed by atoms with E-state index >= 15 is 0 Å². The van der Waals surface area contributed by atoms with Gasteiger partial charge in [0.2, 0.25) is 0 Å². The molecule has 0 fully saturated rings. The fourth-order valence-electron chi connectivity index (χ4n) is 6.80. The Balaban J connectivity index is 0.00000432. The van der Waals surface area contributed by atoms with Crippen molar-refractivity contribution in [1.82, 2.24) is 19.3 Å². The van der Waals surface area contributed by atoms with Crippen molar-refractivity contribution in [1.29, 1.82) is 0 Å². The van der Waals surface area contributed by atoms with Crippen molar-refractivity contribution in [3.05, 3.63) is 132 Å². The number of benzene rings is 4. The van der Waals surface area contributed by atoms with E-state index in [1.807, 2.05) is 58.6 Å². The van der Waals surface area contributed by atoms with Gasteiger partial charge in [-0.15, -0.1) is 35.7 Å². The number of halogens is 1. The molecule has 7 rings (SSSR count). The summed E-state index contributed by atoms with van der Waals surface area (Å²) in [7, 11) is 0. The molecule has 5 nitrogen and oxygen atoms in total. The molecular formula is C43H41FN4OPt. The van der Waals surface area contributed by atoms with Gasteiger partial charge in [-0.2, -0.15) is 17.2 Å². The smallest absolute Gasteiger partial charge is 0.509 e. The van der Waals surface area contributed by atoms with Crippen LogP contribution in [0.5, 0.6) is 11.5 Å². The number of pyridine rings is 1. The van der Waals surface area contributed by atoms with Crippen molar-refractivity contribution in [2.75, 3.05) is 0 Å². The van der Waals surface area contributed by atoms with E-state index < -0.39 is 0 Å². The average molecular weight is 844 g/mol. The molecule has 3 heterocycles. The number of fused-ring (bicyclic) bond motifs is 3. The summed E-state index contributed by atoms with van der Waals surface area (Å²) in [6, 6.07) is 36.4. The molecule has 1 unspecified atom stereocenters. The summed E-state index contributed by atoms with van der Waals surface area (Å²) in [5, 5.41) is 6.94. The van der Waals surface area contributed by atoms with E-state index in [4.69, 9.17) is 9.84 Å². The van der Waals surface area contributed by atoms with Gasteiger partial charge >= 0.3 is 21.1 Å². The molecule has 0 aliphatic heterocycles. The minimum Gasteiger partial charge on any atom is -0.509 e. The average Bonchev–Trinajstić information content (AvgIpc) is 3.56. The monoisotopic (exact) mass is 843 g/mol. The Kier molecular flexibility index (Phi) is 10.1. The second-order valence-electron chi connectivity index (χ2n) is 14.2. The number of ether oxygens (including phenoxy) is 1. The second kappa shape index (κ2) is 14.4. The molecule has 0 saturated carbocycles. The van der Waals surface area contributed by atoms with Gasteiger partial charge in [-0.3, -0.25) is 4.68 Å². The van der Waals surface area contributed by atoms with Gasteiger partial charge < -0.3 is 9.30 Å². The molecule has 0 bridgehead atoms. The van der Waals surface area contributed by atoms with Crippen LogP contribution in [0, 0.1) is 37.2 Å². The zero-order valence-corrected chi connectivity index (χ0v) is 31.6. The van der Waals surface area contributed by atoms with E-state index in [0.717, 1.165) is 56.4 Å². The van der Waals surface area contributed by atoms with Crippen LogP contribution in [-0.4, -0.2) is 19.3 Å². The molecule has 0 spiro atoms. The van der Waals surface area contributed by atoms with Gasteiger partial charge in [0.15, 0.2) is 0 Å². The van der Waals surface area contributed by atoms with Gasteiger partial charge in [0.1, 0.15) is 11.6 Å². The topological polar surface area (TPSA) is 44.9 Å². The first kappa shape index (κ1) is 35.3. The molecule has 7 heteroatoms. The van der Waals surface area contributed by atoms with Gasteiger partial charge in [0, 0.05) is 40.5 Å². The Morgan fingerprint density at radius 1 is 0.860 bits per heavy atom. The third kappa shape index (κ3) is 7.18. The molecule has 0 radical (unpaired) electrons. The minimum absolute atomic E-state index is 0. The van der Waals surface area contributed by atoms with Crippen LogP contribution in [0.25, 0.3) is 44.4 Å². The standard InChI is InChI=1S/C43H41FN4O.Pt/c1-28(12-11-22-43(4,5)6)32-17-20-39-38(24-32)37-19-18-36(27-40(37)47(39)41-25-33(44)21-23-45-41)49-35-16-10-15-34(26-35)48-30(3)42(29(2)46-48)31-13-8-7-9-14-31;/h7-10,13-21,23-25,28H,11-12,22H2,1-6H3;/q-2;+2. The van der Waals surface area contributed by atoms with Crippen molar-refractivity contribution in [3.8, 4) is 34.1 Å². The molecule has 1 atom stereocenters. The number of hydrogen-bond acceptors (Lipinski definition) is 3. The number of aryl methyl sites for hydroxylation is 1. The summed E-state index contributed by atoms with van der Waals surface area (Å²) < 4.78 is 24.8. The number of nitrogens with zero attached hydrogens (tertiary/aromatic N) is 4. The molecule has 0 aliphatic rings. The maximum atomic E-state index is 14.5. The third-order valence-corrected chi connectivity index (χ3v) is 9.30. The van der Waals surface area contributed by atoms with Crippen LogP contribution in [0.3, 0.4) is 0 Å². The summed E-state index contributed by atoms with van der Waals surface area (Å²) in [5.41, 5.74) is 8.33. The van der Waals surface area contributed by atoms with Crippen molar-refractivity contribution >= 4 is 21.8 Å². The van der Waals surface area contributed by atoms with Crippen LogP contribution in [0.2, 0.25) is 0 Å². The molecule has 256 valence electrons. The molecule has 3 aromatic heterocycles. The summed E-state index contributed by atoms with van der Waals surface area (Å²) in [4.78, 5) is 4.55. The van der Waals surface area contributed by atoms with E-state index in [1.54, 1.807) is 0 Å². The molecule has 0 saturated heterocycles. The first-order valence-corrected chi connectivity index (χ1v) is 17.0. The maximum absolute atomic E-state index is 14.5. The van der Waals surface area contributed by atoms with Crippen LogP contribution < -0.4 is 4.74 Å². The zero-order chi connectivity index (χ0) is 34.3. The van der Waals surface area contributed by atoms with Crippen molar-refractivity contribution in [2.24, 2.45) is 5.41 Å². The first-order chi connectivity index (χ1) is 23.6. The van der Waals surface area contributed by atoms with Crippen molar-refractivity contribution in [3.63, 3.8) is 0 Å². The molecule has 0 amide bonds. The summed E-state index contributed by atoms with van der Waals surface area (Å²) >= 11 is 0. The van der Waals surface area contributed by atoms with Gasteiger partial charge in [-0.25, -0.2) is 9.37 Å². The largest absolute Gasteiger partial charge is 2.00 e. The number of aromatic nitrogens is 4. The van der Waals surface area contributed by atoms with E-state index in [9.17, 15) is 4.39 Å². The molecule has 4 aromatic carbocycles. The van der Waals surface area contributed by atoms with Crippen molar-refractivity contribution in [2.45, 2.75) is 66.7 Å². The van der Waals surface area contributed by atoms with Crippen LogP contribution in [0.15, 0.2) is 97.2 Å². The Labute approximate surface area is 308 Å². The Morgan fingerprint density at radius 3 is 2.40 bits per heavy atom. The second-order valence-corrected chi connectivity index (χ2v) is 14.2. The molecule has 50 heavy (non-hydrogen) atoms. The van der Waals surface area contributed by atoms with Gasteiger partial charge in [0.05, 0.1) is 5.69 Å². The summed E-state index contributed by atoms with van der Waals surface area (Å²) in [6.07, 6.45) is 4.99. The van der Waals surface area contributed by atoms with Crippen LogP contribution in [0.4, 0.5) is 4.39 Å². The van der Waals surface area contributed by atoms with E-state index in [0.29, 0.717) is 28.6 Å². The summed E-state index contributed by atoms with van der Waals surface area (Å²) in [5.74, 6) is 1.63. The Bertz CT molecular complexity index is 2280.